The number of benzene rings is 1. The largest absolute Gasteiger partial charge is 0.309 e. The molecule has 1 aliphatic rings. The van der Waals surface area contributed by atoms with Gasteiger partial charge in [0, 0.05) is 31.7 Å². The van der Waals surface area contributed by atoms with Crippen LogP contribution in [0, 0.1) is 5.92 Å². The third-order valence-electron chi connectivity index (χ3n) is 4.70. The molecule has 1 N–H and O–H groups in total. The predicted octanol–water partition coefficient (Wildman–Crippen LogP) is 4.07. The van der Waals surface area contributed by atoms with Gasteiger partial charge in [-0.25, -0.2) is 0 Å². The van der Waals surface area contributed by atoms with E-state index in [0.29, 0.717) is 12.1 Å². The second kappa shape index (κ2) is 8.55. The molecule has 2 atom stereocenters. The van der Waals surface area contributed by atoms with Gasteiger partial charge in [-0.2, -0.15) is 0 Å². The average Bonchev–Trinajstić information content (AvgIpc) is 2.51. The van der Waals surface area contributed by atoms with E-state index in [2.05, 4.69) is 61.3 Å². The van der Waals surface area contributed by atoms with Crippen molar-refractivity contribution in [1.29, 1.82) is 0 Å². The van der Waals surface area contributed by atoms with Gasteiger partial charge in [0.1, 0.15) is 0 Å². The molecule has 2 heteroatoms. The highest BCUT2D eigenvalue weighted by Gasteiger charge is 2.27. The summed E-state index contributed by atoms with van der Waals surface area (Å²) in [5, 5.41) is 3.79. The summed E-state index contributed by atoms with van der Waals surface area (Å²) in [6.07, 6.45) is 5.43. The zero-order valence-electron chi connectivity index (χ0n) is 14.0. The van der Waals surface area contributed by atoms with Crippen LogP contribution in [0.15, 0.2) is 30.3 Å². The fourth-order valence-electron chi connectivity index (χ4n) is 3.37. The third kappa shape index (κ3) is 5.44. The molecule has 1 heterocycles. The van der Waals surface area contributed by atoms with Gasteiger partial charge in [0.2, 0.25) is 0 Å². The lowest BCUT2D eigenvalue weighted by atomic mass is 9.89. The normalized spacial score (nSPS) is 23.6. The van der Waals surface area contributed by atoms with Gasteiger partial charge in [-0.1, -0.05) is 50.1 Å². The lowest BCUT2D eigenvalue weighted by molar-refractivity contribution is 0.106. The topological polar surface area (TPSA) is 15.3 Å². The highest BCUT2D eigenvalue weighted by molar-refractivity contribution is 5.14. The van der Waals surface area contributed by atoms with Crippen molar-refractivity contribution in [2.75, 3.05) is 13.1 Å². The van der Waals surface area contributed by atoms with E-state index in [4.69, 9.17) is 0 Å². The van der Waals surface area contributed by atoms with Crippen LogP contribution in [-0.4, -0.2) is 30.1 Å². The standard InChI is InChI=1S/C19H32N2/c1-4-5-9-18-12-19(15-21(14-18)16(2)3)20-13-17-10-7-6-8-11-17/h6-8,10-11,16,18-20H,4-5,9,12-15H2,1-3H3. The van der Waals surface area contributed by atoms with E-state index in [0.717, 1.165) is 12.5 Å². The minimum absolute atomic E-state index is 0.642. The summed E-state index contributed by atoms with van der Waals surface area (Å²) in [6, 6.07) is 12.1. The fourth-order valence-corrected chi connectivity index (χ4v) is 3.37. The average molecular weight is 288 g/mol. The van der Waals surface area contributed by atoms with Crippen molar-refractivity contribution in [2.24, 2.45) is 5.92 Å². The number of piperidine rings is 1. The number of unbranched alkanes of at least 4 members (excludes halogenated alkanes) is 1. The smallest absolute Gasteiger partial charge is 0.0208 e. The van der Waals surface area contributed by atoms with Gasteiger partial charge < -0.3 is 5.32 Å². The molecule has 2 nitrogen and oxygen atoms in total. The summed E-state index contributed by atoms with van der Waals surface area (Å²) in [5.74, 6) is 0.870. The number of nitrogens with one attached hydrogen (secondary N) is 1. The number of nitrogens with zero attached hydrogens (tertiary/aromatic N) is 1. The van der Waals surface area contributed by atoms with Gasteiger partial charge in [0.15, 0.2) is 0 Å². The Hall–Kier alpha value is -0.860. The van der Waals surface area contributed by atoms with Gasteiger partial charge in [-0.3, -0.25) is 4.90 Å². The van der Waals surface area contributed by atoms with Crippen molar-refractivity contribution < 1.29 is 0 Å². The maximum Gasteiger partial charge on any atom is 0.0208 e. The zero-order valence-corrected chi connectivity index (χ0v) is 14.0. The molecule has 1 aliphatic heterocycles. The van der Waals surface area contributed by atoms with Crippen molar-refractivity contribution in [3.05, 3.63) is 35.9 Å². The lowest BCUT2D eigenvalue weighted by Gasteiger charge is -2.40. The van der Waals surface area contributed by atoms with Crippen LogP contribution in [0.25, 0.3) is 0 Å². The zero-order chi connectivity index (χ0) is 15.1. The van der Waals surface area contributed by atoms with Crippen LogP contribution in [0.3, 0.4) is 0 Å². The van der Waals surface area contributed by atoms with Crippen molar-refractivity contribution in [3.63, 3.8) is 0 Å². The Morgan fingerprint density at radius 3 is 2.62 bits per heavy atom. The van der Waals surface area contributed by atoms with Crippen LogP contribution < -0.4 is 5.32 Å². The van der Waals surface area contributed by atoms with Crippen LogP contribution in [0.2, 0.25) is 0 Å². The minimum atomic E-state index is 0.642. The predicted molar refractivity (Wildman–Crippen MR) is 91.4 cm³/mol. The Bertz CT molecular complexity index is 388. The second-order valence-corrected chi connectivity index (χ2v) is 6.86. The SMILES string of the molecule is CCCCC1CC(NCc2ccccc2)CN(C(C)C)C1. The Balaban J connectivity index is 1.87. The molecule has 1 aromatic carbocycles. The molecule has 1 aromatic rings. The van der Waals surface area contributed by atoms with Crippen LogP contribution in [-0.2, 0) is 6.54 Å². The van der Waals surface area contributed by atoms with Crippen LogP contribution in [0.5, 0.6) is 0 Å². The van der Waals surface area contributed by atoms with Gasteiger partial charge >= 0.3 is 0 Å². The Morgan fingerprint density at radius 1 is 1.19 bits per heavy atom. The van der Waals surface area contributed by atoms with E-state index in [1.165, 1.54) is 44.3 Å². The Kier molecular flexibility index (Phi) is 6.72. The van der Waals surface area contributed by atoms with E-state index in [1.807, 2.05) is 0 Å². The molecule has 0 bridgehead atoms. The molecular formula is C19H32N2. The summed E-state index contributed by atoms with van der Waals surface area (Å²) >= 11 is 0. The molecule has 0 amide bonds. The molecule has 0 spiro atoms. The van der Waals surface area contributed by atoms with E-state index in [1.54, 1.807) is 0 Å². The van der Waals surface area contributed by atoms with E-state index < -0.39 is 0 Å². The highest BCUT2D eigenvalue weighted by Crippen LogP contribution is 2.23. The number of hydrogen-bond donors (Lipinski definition) is 1. The van der Waals surface area contributed by atoms with Crippen molar-refractivity contribution >= 4 is 0 Å². The second-order valence-electron chi connectivity index (χ2n) is 6.86. The first-order chi connectivity index (χ1) is 10.2. The first kappa shape index (κ1) is 16.5. The third-order valence-corrected chi connectivity index (χ3v) is 4.70. The number of likely N-dealkylation sites (tertiary alicyclic amines) is 1. The summed E-state index contributed by atoms with van der Waals surface area (Å²) < 4.78 is 0. The molecule has 21 heavy (non-hydrogen) atoms. The summed E-state index contributed by atoms with van der Waals surface area (Å²) in [7, 11) is 0. The maximum absolute atomic E-state index is 3.79. The first-order valence-corrected chi connectivity index (χ1v) is 8.70. The Labute approximate surface area is 130 Å². The molecule has 1 saturated heterocycles. The highest BCUT2D eigenvalue weighted by atomic mass is 15.2. The summed E-state index contributed by atoms with van der Waals surface area (Å²) in [6.45, 7) is 10.5. The molecule has 0 aliphatic carbocycles. The van der Waals surface area contributed by atoms with E-state index in [9.17, 15) is 0 Å². The van der Waals surface area contributed by atoms with Crippen LogP contribution in [0.4, 0.5) is 0 Å². The van der Waals surface area contributed by atoms with Gasteiger partial charge in [-0.15, -0.1) is 0 Å². The van der Waals surface area contributed by atoms with Crippen LogP contribution in [0.1, 0.15) is 52.0 Å². The van der Waals surface area contributed by atoms with Gasteiger partial charge in [-0.05, 0) is 38.2 Å². The molecule has 0 saturated carbocycles. The molecule has 2 unspecified atom stereocenters. The minimum Gasteiger partial charge on any atom is -0.309 e. The molecule has 2 rings (SSSR count). The van der Waals surface area contributed by atoms with Gasteiger partial charge in [0.25, 0.3) is 0 Å². The lowest BCUT2D eigenvalue weighted by Crippen LogP contribution is -2.51. The quantitative estimate of drug-likeness (QED) is 0.814. The molecule has 118 valence electrons. The Morgan fingerprint density at radius 2 is 1.95 bits per heavy atom. The molecule has 1 fully saturated rings. The molecule has 0 radical (unpaired) electrons. The number of rotatable bonds is 7. The maximum atomic E-state index is 3.79. The summed E-state index contributed by atoms with van der Waals surface area (Å²) in [4.78, 5) is 2.66. The van der Waals surface area contributed by atoms with Crippen molar-refractivity contribution in [1.82, 2.24) is 10.2 Å². The van der Waals surface area contributed by atoms with Gasteiger partial charge in [0.05, 0.1) is 0 Å². The van der Waals surface area contributed by atoms with Crippen LogP contribution >= 0.6 is 0 Å². The monoisotopic (exact) mass is 288 g/mol. The number of hydrogen-bond acceptors (Lipinski definition) is 2. The molecule has 0 aromatic heterocycles. The van der Waals surface area contributed by atoms with Crippen molar-refractivity contribution in [3.8, 4) is 0 Å². The van der Waals surface area contributed by atoms with E-state index in [-0.39, 0.29) is 0 Å². The van der Waals surface area contributed by atoms with Crippen molar-refractivity contribution in [2.45, 2.75) is 65.1 Å². The summed E-state index contributed by atoms with van der Waals surface area (Å²) in [5.41, 5.74) is 1.39. The molecular weight excluding hydrogens is 256 g/mol. The first-order valence-electron chi connectivity index (χ1n) is 8.70. The van der Waals surface area contributed by atoms with E-state index >= 15 is 0 Å². The fraction of sp³-hybridized carbons (Fsp3) is 0.684.